The number of rotatable bonds is 6. The van der Waals surface area contributed by atoms with E-state index in [-0.39, 0.29) is 34.8 Å². The summed E-state index contributed by atoms with van der Waals surface area (Å²) in [4.78, 5) is 23.3. The first-order valence-electron chi connectivity index (χ1n) is 6.51. The highest BCUT2D eigenvalue weighted by molar-refractivity contribution is 7.90. The number of hydrogen-bond donors (Lipinski definition) is 2. The first-order chi connectivity index (χ1) is 8.80. The van der Waals surface area contributed by atoms with Crippen LogP contribution in [0.4, 0.5) is 0 Å². The van der Waals surface area contributed by atoms with Crippen LogP contribution >= 0.6 is 0 Å². The molecule has 1 aliphatic carbocycles. The van der Waals surface area contributed by atoms with E-state index in [0.29, 0.717) is 0 Å². The van der Waals surface area contributed by atoms with Crippen LogP contribution in [0.2, 0.25) is 0 Å². The van der Waals surface area contributed by atoms with E-state index in [2.05, 4.69) is 5.32 Å². The van der Waals surface area contributed by atoms with Crippen molar-refractivity contribution in [3.8, 4) is 0 Å². The minimum atomic E-state index is -3.25. The predicted molar refractivity (Wildman–Crippen MR) is 74.9 cm³/mol. The molecule has 1 fully saturated rings. The molecule has 0 spiro atoms. The largest absolute Gasteiger partial charge is 0.480 e. The Morgan fingerprint density at radius 2 is 1.65 bits per heavy atom. The lowest BCUT2D eigenvalue weighted by Gasteiger charge is -2.14. The third-order valence-corrected chi connectivity index (χ3v) is 5.65. The summed E-state index contributed by atoms with van der Waals surface area (Å²) in [5.74, 6) is -2.05. The molecule has 6 nitrogen and oxygen atoms in total. The second-order valence-electron chi connectivity index (χ2n) is 6.69. The van der Waals surface area contributed by atoms with E-state index in [1.165, 1.54) is 0 Å². The van der Waals surface area contributed by atoms with E-state index in [1.807, 2.05) is 27.7 Å². The van der Waals surface area contributed by atoms with Crippen LogP contribution in [-0.4, -0.2) is 43.5 Å². The van der Waals surface area contributed by atoms with Gasteiger partial charge >= 0.3 is 5.97 Å². The van der Waals surface area contributed by atoms with Gasteiger partial charge in [0.05, 0.1) is 5.75 Å². The number of hydrogen-bond acceptors (Lipinski definition) is 4. The molecule has 20 heavy (non-hydrogen) atoms. The van der Waals surface area contributed by atoms with Gasteiger partial charge in [-0.25, -0.2) is 13.2 Å². The molecule has 1 saturated carbocycles. The number of carbonyl (C=O) groups is 2. The van der Waals surface area contributed by atoms with E-state index in [1.54, 1.807) is 0 Å². The monoisotopic (exact) mass is 305 g/mol. The Labute approximate surface area is 119 Å². The first kappa shape index (κ1) is 16.9. The van der Waals surface area contributed by atoms with Gasteiger partial charge in [0.1, 0.15) is 15.9 Å². The summed E-state index contributed by atoms with van der Waals surface area (Å²) in [6.45, 7) is 7.85. The van der Waals surface area contributed by atoms with Crippen LogP contribution < -0.4 is 5.32 Å². The number of carboxylic acid groups (broad SMARTS) is 1. The van der Waals surface area contributed by atoms with Gasteiger partial charge < -0.3 is 10.4 Å². The van der Waals surface area contributed by atoms with E-state index >= 15 is 0 Å². The van der Waals surface area contributed by atoms with Gasteiger partial charge in [0, 0.05) is 12.2 Å². The van der Waals surface area contributed by atoms with Gasteiger partial charge in [-0.2, -0.15) is 0 Å². The van der Waals surface area contributed by atoms with Gasteiger partial charge in [-0.1, -0.05) is 27.7 Å². The topological polar surface area (TPSA) is 101 Å². The fourth-order valence-corrected chi connectivity index (χ4v) is 3.36. The van der Waals surface area contributed by atoms with Crippen LogP contribution in [0.5, 0.6) is 0 Å². The Morgan fingerprint density at radius 3 is 1.95 bits per heavy atom. The Hall–Kier alpha value is -1.11. The number of carboxylic acids is 1. The van der Waals surface area contributed by atoms with E-state index in [0.717, 1.165) is 6.26 Å². The normalized spacial score (nSPS) is 22.1. The minimum Gasteiger partial charge on any atom is -0.480 e. The summed E-state index contributed by atoms with van der Waals surface area (Å²) in [6.07, 6.45) is 0.925. The van der Waals surface area contributed by atoms with Crippen LogP contribution in [0.3, 0.4) is 0 Å². The maximum absolute atomic E-state index is 12.2. The first-order valence-corrected chi connectivity index (χ1v) is 8.57. The Kier molecular flexibility index (Phi) is 4.25. The molecular weight excluding hydrogens is 282 g/mol. The molecule has 1 rings (SSSR count). The molecular formula is C13H23NO5S. The van der Waals surface area contributed by atoms with E-state index in [9.17, 15) is 18.0 Å². The van der Waals surface area contributed by atoms with Crippen LogP contribution in [0, 0.1) is 16.7 Å². The van der Waals surface area contributed by atoms with Crippen LogP contribution in [-0.2, 0) is 19.4 Å². The SMILES string of the molecule is CC1(C)C(C(=O)NC(CCS(C)(=O)=O)C(=O)O)C1(C)C. The maximum atomic E-state index is 12.2. The number of aliphatic carboxylic acids is 1. The van der Waals surface area contributed by atoms with Crippen molar-refractivity contribution in [3.05, 3.63) is 0 Å². The zero-order chi connectivity index (χ0) is 15.9. The Bertz CT molecular complexity index is 507. The summed E-state index contributed by atoms with van der Waals surface area (Å²) in [5, 5.41) is 11.5. The number of amides is 1. The number of carbonyl (C=O) groups excluding carboxylic acids is 1. The van der Waals surface area contributed by atoms with Crippen molar-refractivity contribution in [2.75, 3.05) is 12.0 Å². The van der Waals surface area contributed by atoms with Gasteiger partial charge in [-0.15, -0.1) is 0 Å². The molecule has 0 aromatic rings. The minimum absolute atomic E-state index is 0.118. The van der Waals surface area contributed by atoms with Crippen LogP contribution in [0.1, 0.15) is 34.1 Å². The average Bonchev–Trinajstić information content (AvgIpc) is 2.62. The van der Waals surface area contributed by atoms with Gasteiger partial charge in [0.2, 0.25) is 5.91 Å². The molecule has 0 aliphatic heterocycles. The van der Waals surface area contributed by atoms with Crippen molar-refractivity contribution in [1.29, 1.82) is 0 Å². The standard InChI is InChI=1S/C13H23NO5S/c1-12(2)9(13(12,3)4)10(15)14-8(11(16)17)6-7-20(5,18)19/h8-9H,6-7H2,1-5H3,(H,14,15)(H,16,17). The Morgan fingerprint density at radius 1 is 1.20 bits per heavy atom. The van der Waals surface area contributed by atoms with Crippen LogP contribution in [0.25, 0.3) is 0 Å². The molecule has 0 radical (unpaired) electrons. The lowest BCUT2D eigenvalue weighted by atomic mass is 10.0. The molecule has 0 saturated heterocycles. The molecule has 0 bridgehead atoms. The highest BCUT2D eigenvalue weighted by Gasteiger charge is 2.68. The third-order valence-electron chi connectivity index (χ3n) is 4.67. The lowest BCUT2D eigenvalue weighted by molar-refractivity contribution is -0.142. The third kappa shape index (κ3) is 3.31. The van der Waals surface area contributed by atoms with Gasteiger partial charge in [-0.3, -0.25) is 4.79 Å². The van der Waals surface area contributed by atoms with E-state index in [4.69, 9.17) is 5.11 Å². The summed E-state index contributed by atoms with van der Waals surface area (Å²) in [6, 6.07) is -1.16. The fourth-order valence-electron chi connectivity index (χ4n) is 2.70. The molecule has 1 aliphatic rings. The predicted octanol–water partition coefficient (Wildman–Crippen LogP) is 0.673. The van der Waals surface area contributed by atoms with Gasteiger partial charge in [-0.05, 0) is 17.3 Å². The van der Waals surface area contributed by atoms with Crippen molar-refractivity contribution in [1.82, 2.24) is 5.32 Å². The maximum Gasteiger partial charge on any atom is 0.326 e. The second kappa shape index (κ2) is 5.02. The summed E-state index contributed by atoms with van der Waals surface area (Å²) in [7, 11) is -3.25. The quantitative estimate of drug-likeness (QED) is 0.751. The van der Waals surface area contributed by atoms with Crippen LogP contribution in [0.15, 0.2) is 0 Å². The molecule has 2 N–H and O–H groups in total. The van der Waals surface area contributed by atoms with Gasteiger partial charge in [0.15, 0.2) is 0 Å². The molecule has 0 heterocycles. The van der Waals surface area contributed by atoms with Crippen molar-refractivity contribution < 1.29 is 23.1 Å². The zero-order valence-corrected chi connectivity index (χ0v) is 13.4. The summed E-state index contributed by atoms with van der Waals surface area (Å²) in [5.41, 5.74) is -0.367. The zero-order valence-electron chi connectivity index (χ0n) is 12.6. The molecule has 1 atom stereocenters. The smallest absolute Gasteiger partial charge is 0.326 e. The average molecular weight is 305 g/mol. The molecule has 0 aromatic carbocycles. The highest BCUT2D eigenvalue weighted by atomic mass is 32.2. The lowest BCUT2D eigenvalue weighted by Crippen LogP contribution is -2.43. The molecule has 7 heteroatoms. The summed E-state index contributed by atoms with van der Waals surface area (Å²) >= 11 is 0. The van der Waals surface area contributed by atoms with Gasteiger partial charge in [0.25, 0.3) is 0 Å². The number of sulfone groups is 1. The molecule has 0 aromatic heterocycles. The second-order valence-corrected chi connectivity index (χ2v) is 8.95. The van der Waals surface area contributed by atoms with E-state index < -0.39 is 21.8 Å². The number of nitrogens with one attached hydrogen (secondary N) is 1. The van der Waals surface area contributed by atoms with Crippen molar-refractivity contribution in [2.24, 2.45) is 16.7 Å². The highest BCUT2D eigenvalue weighted by Crippen LogP contribution is 2.68. The van der Waals surface area contributed by atoms with Crippen molar-refractivity contribution in [3.63, 3.8) is 0 Å². The van der Waals surface area contributed by atoms with Crippen molar-refractivity contribution in [2.45, 2.75) is 40.2 Å². The molecule has 1 unspecified atom stereocenters. The Balaban J connectivity index is 2.69. The summed E-state index contributed by atoms with van der Waals surface area (Å²) < 4.78 is 22.2. The molecule has 116 valence electrons. The molecule has 1 amide bonds. The fraction of sp³-hybridized carbons (Fsp3) is 0.846. The van der Waals surface area contributed by atoms with Crippen molar-refractivity contribution >= 4 is 21.7 Å².